The molecule has 0 aliphatic heterocycles. The Labute approximate surface area is 121 Å². The van der Waals surface area contributed by atoms with Crippen molar-refractivity contribution in [2.75, 3.05) is 26.0 Å². The monoisotopic (exact) mass is 316 g/mol. The van der Waals surface area contributed by atoms with Crippen LogP contribution in [0.1, 0.15) is 6.42 Å². The van der Waals surface area contributed by atoms with E-state index in [1.807, 2.05) is 0 Å². The van der Waals surface area contributed by atoms with E-state index in [0.717, 1.165) is 12.1 Å². The van der Waals surface area contributed by atoms with Gasteiger partial charge < -0.3 is 10.6 Å². The van der Waals surface area contributed by atoms with Crippen LogP contribution in [0.4, 0.5) is 11.4 Å². The number of rotatable bonds is 7. The Kier molecular flexibility index (Phi) is 5.61. The van der Waals surface area contributed by atoms with Crippen LogP contribution in [-0.2, 0) is 14.8 Å². The lowest BCUT2D eigenvalue weighted by molar-refractivity contribution is -0.384. The molecule has 0 aliphatic carbocycles. The normalized spacial score (nSPS) is 11.0. The highest BCUT2D eigenvalue weighted by molar-refractivity contribution is 7.89. The number of carbonyl (C=O) groups is 1. The van der Waals surface area contributed by atoms with E-state index in [0.29, 0.717) is 0 Å². The van der Waals surface area contributed by atoms with Crippen molar-refractivity contribution in [2.45, 2.75) is 11.3 Å². The standard InChI is InChI=1S/C11H16N4O5S/c1-12-9-7-8(3-4-10(9)15(17)18)21(19,20)14-6-5-11(16)13-2/h3-4,7,12,14H,5-6H2,1-2H3,(H,13,16). The number of anilines is 1. The van der Waals surface area contributed by atoms with Crippen molar-refractivity contribution in [3.05, 3.63) is 28.3 Å². The van der Waals surface area contributed by atoms with Gasteiger partial charge in [0.1, 0.15) is 5.69 Å². The Morgan fingerprint density at radius 3 is 2.52 bits per heavy atom. The number of nitrogens with one attached hydrogen (secondary N) is 3. The Bertz CT molecular complexity index is 644. The van der Waals surface area contributed by atoms with Gasteiger partial charge in [-0.05, 0) is 12.1 Å². The molecule has 1 amide bonds. The molecular formula is C11H16N4O5S. The number of hydrogen-bond donors (Lipinski definition) is 3. The minimum Gasteiger partial charge on any atom is -0.383 e. The summed E-state index contributed by atoms with van der Waals surface area (Å²) in [7, 11) is -0.925. The van der Waals surface area contributed by atoms with Crippen molar-refractivity contribution in [1.29, 1.82) is 0 Å². The van der Waals surface area contributed by atoms with Gasteiger partial charge in [0.2, 0.25) is 15.9 Å². The first-order chi connectivity index (χ1) is 9.81. The summed E-state index contributed by atoms with van der Waals surface area (Å²) in [4.78, 5) is 21.1. The van der Waals surface area contributed by atoms with Crippen LogP contribution < -0.4 is 15.4 Å². The lowest BCUT2D eigenvalue weighted by Crippen LogP contribution is -2.29. The summed E-state index contributed by atoms with van der Waals surface area (Å²) >= 11 is 0. The van der Waals surface area contributed by atoms with Crippen LogP contribution in [0.25, 0.3) is 0 Å². The van der Waals surface area contributed by atoms with E-state index in [2.05, 4.69) is 15.4 Å². The number of benzene rings is 1. The predicted octanol–water partition coefficient (Wildman–Crippen LogP) is 0.0509. The van der Waals surface area contributed by atoms with Crippen molar-refractivity contribution >= 4 is 27.3 Å². The second-order valence-corrected chi connectivity index (χ2v) is 5.77. The van der Waals surface area contributed by atoms with E-state index in [9.17, 15) is 23.3 Å². The molecule has 0 radical (unpaired) electrons. The molecule has 1 rings (SSSR count). The van der Waals surface area contributed by atoms with Gasteiger partial charge in [0, 0.05) is 33.1 Å². The second kappa shape index (κ2) is 6.99. The first-order valence-corrected chi connectivity index (χ1v) is 7.46. The Morgan fingerprint density at radius 2 is 2.00 bits per heavy atom. The highest BCUT2D eigenvalue weighted by Gasteiger charge is 2.19. The zero-order chi connectivity index (χ0) is 16.0. The van der Waals surface area contributed by atoms with Gasteiger partial charge in [-0.25, -0.2) is 13.1 Å². The third-order valence-corrected chi connectivity index (χ3v) is 4.13. The summed E-state index contributed by atoms with van der Waals surface area (Å²) in [6, 6.07) is 3.42. The van der Waals surface area contributed by atoms with Crippen molar-refractivity contribution in [3.8, 4) is 0 Å². The van der Waals surface area contributed by atoms with Gasteiger partial charge in [-0.15, -0.1) is 0 Å². The first kappa shape index (κ1) is 16.9. The van der Waals surface area contributed by atoms with Crippen molar-refractivity contribution in [3.63, 3.8) is 0 Å². The highest BCUT2D eigenvalue weighted by atomic mass is 32.2. The number of amides is 1. The van der Waals surface area contributed by atoms with E-state index in [-0.39, 0.29) is 35.1 Å². The molecule has 1 aromatic carbocycles. The number of carbonyl (C=O) groups excluding carboxylic acids is 1. The molecule has 0 bridgehead atoms. The number of nitrogens with zero attached hydrogens (tertiary/aromatic N) is 1. The SMILES string of the molecule is CNC(=O)CCNS(=O)(=O)c1ccc([N+](=O)[O-])c(NC)c1. The lowest BCUT2D eigenvalue weighted by Gasteiger charge is -2.08. The number of nitro groups is 1. The first-order valence-electron chi connectivity index (χ1n) is 5.98. The van der Waals surface area contributed by atoms with Gasteiger partial charge in [0.25, 0.3) is 5.69 Å². The van der Waals surface area contributed by atoms with E-state index in [4.69, 9.17) is 0 Å². The zero-order valence-electron chi connectivity index (χ0n) is 11.5. The summed E-state index contributed by atoms with van der Waals surface area (Å²) in [5.74, 6) is -0.294. The summed E-state index contributed by atoms with van der Waals surface area (Å²) in [5, 5.41) is 15.7. The molecule has 116 valence electrons. The number of sulfonamides is 1. The van der Waals surface area contributed by atoms with Crippen LogP contribution in [0.2, 0.25) is 0 Å². The lowest BCUT2D eigenvalue weighted by atomic mass is 10.3. The summed E-state index contributed by atoms with van der Waals surface area (Å²) in [5.41, 5.74) is -0.129. The molecule has 0 atom stereocenters. The summed E-state index contributed by atoms with van der Waals surface area (Å²) in [6.45, 7) is -0.0616. The van der Waals surface area contributed by atoms with Crippen LogP contribution >= 0.6 is 0 Å². The van der Waals surface area contributed by atoms with Crippen LogP contribution in [0, 0.1) is 10.1 Å². The third-order valence-electron chi connectivity index (χ3n) is 2.67. The molecule has 1 aromatic rings. The molecule has 0 aliphatic rings. The zero-order valence-corrected chi connectivity index (χ0v) is 12.4. The largest absolute Gasteiger partial charge is 0.383 e. The molecule has 0 unspecified atom stereocenters. The van der Waals surface area contributed by atoms with Gasteiger partial charge in [-0.2, -0.15) is 0 Å². The van der Waals surface area contributed by atoms with E-state index in [1.165, 1.54) is 20.2 Å². The molecule has 3 N–H and O–H groups in total. The fourth-order valence-electron chi connectivity index (χ4n) is 1.55. The second-order valence-electron chi connectivity index (χ2n) is 4.01. The Balaban J connectivity index is 2.93. The molecule has 9 nitrogen and oxygen atoms in total. The molecule has 0 fully saturated rings. The number of hydrogen-bond acceptors (Lipinski definition) is 6. The molecule has 0 spiro atoms. The maximum absolute atomic E-state index is 12.0. The molecule has 0 aromatic heterocycles. The molecule has 10 heteroatoms. The Hall–Kier alpha value is -2.20. The van der Waals surface area contributed by atoms with Crippen molar-refractivity contribution in [1.82, 2.24) is 10.0 Å². The molecule has 0 saturated carbocycles. The van der Waals surface area contributed by atoms with Crippen LogP contribution in [0.5, 0.6) is 0 Å². The minimum atomic E-state index is -3.83. The summed E-state index contributed by atoms with van der Waals surface area (Å²) < 4.78 is 26.3. The Morgan fingerprint density at radius 1 is 1.33 bits per heavy atom. The van der Waals surface area contributed by atoms with Gasteiger partial charge in [0.15, 0.2) is 0 Å². The quantitative estimate of drug-likeness (QED) is 0.481. The minimum absolute atomic E-state index is 0.00158. The van der Waals surface area contributed by atoms with E-state index in [1.54, 1.807) is 0 Å². The molecular weight excluding hydrogens is 300 g/mol. The smallest absolute Gasteiger partial charge is 0.292 e. The van der Waals surface area contributed by atoms with Gasteiger partial charge in [0.05, 0.1) is 9.82 Å². The third kappa shape index (κ3) is 4.39. The average Bonchev–Trinajstić information content (AvgIpc) is 2.45. The molecule has 0 saturated heterocycles. The predicted molar refractivity (Wildman–Crippen MR) is 76.5 cm³/mol. The topological polar surface area (TPSA) is 130 Å². The van der Waals surface area contributed by atoms with Crippen LogP contribution in [0.3, 0.4) is 0 Å². The fraction of sp³-hybridized carbons (Fsp3) is 0.364. The number of nitro benzene ring substituents is 1. The van der Waals surface area contributed by atoms with Crippen molar-refractivity contribution in [2.24, 2.45) is 0 Å². The van der Waals surface area contributed by atoms with Crippen LogP contribution in [0.15, 0.2) is 23.1 Å². The van der Waals surface area contributed by atoms with Crippen molar-refractivity contribution < 1.29 is 18.1 Å². The maximum atomic E-state index is 12.0. The molecule has 21 heavy (non-hydrogen) atoms. The van der Waals surface area contributed by atoms with Gasteiger partial charge >= 0.3 is 0 Å². The van der Waals surface area contributed by atoms with Gasteiger partial charge in [-0.3, -0.25) is 14.9 Å². The summed E-state index contributed by atoms with van der Waals surface area (Å²) in [6.07, 6.45) is 0.00158. The van der Waals surface area contributed by atoms with Crippen LogP contribution in [-0.4, -0.2) is 39.9 Å². The van der Waals surface area contributed by atoms with E-state index < -0.39 is 14.9 Å². The fourth-order valence-corrected chi connectivity index (χ4v) is 2.61. The van der Waals surface area contributed by atoms with E-state index >= 15 is 0 Å². The van der Waals surface area contributed by atoms with Gasteiger partial charge in [-0.1, -0.05) is 0 Å². The molecule has 0 heterocycles. The highest BCUT2D eigenvalue weighted by Crippen LogP contribution is 2.26. The average molecular weight is 316 g/mol. The maximum Gasteiger partial charge on any atom is 0.292 e.